The fourth-order valence-corrected chi connectivity index (χ4v) is 5.49. The molecule has 138 valence electrons. The van der Waals surface area contributed by atoms with Gasteiger partial charge < -0.3 is 5.32 Å². The summed E-state index contributed by atoms with van der Waals surface area (Å²) in [6.07, 6.45) is 6.50. The van der Waals surface area contributed by atoms with Crippen molar-refractivity contribution in [2.24, 2.45) is 0 Å². The van der Waals surface area contributed by atoms with Crippen LogP contribution in [0.3, 0.4) is 0 Å². The Morgan fingerprint density at radius 2 is 1.88 bits per heavy atom. The van der Waals surface area contributed by atoms with Crippen LogP contribution in [0.2, 0.25) is 0 Å². The number of carbonyl (C=O) groups excluding carboxylic acids is 1. The first-order valence-corrected chi connectivity index (χ1v) is 10.4. The van der Waals surface area contributed by atoms with E-state index in [-0.39, 0.29) is 22.4 Å². The number of aryl methyl sites for hydroxylation is 1. The number of halogens is 1. The van der Waals surface area contributed by atoms with Crippen LogP contribution < -0.4 is 5.32 Å². The molecule has 1 aromatic rings. The highest BCUT2D eigenvalue weighted by Crippen LogP contribution is 2.28. The van der Waals surface area contributed by atoms with E-state index in [4.69, 9.17) is 0 Å². The zero-order chi connectivity index (χ0) is 18.0. The number of hydrogen-bond acceptors (Lipinski definition) is 3. The first kappa shape index (κ1) is 18.3. The van der Waals surface area contributed by atoms with Crippen molar-refractivity contribution in [2.75, 3.05) is 6.54 Å². The smallest absolute Gasteiger partial charge is 0.243 e. The third kappa shape index (κ3) is 3.87. The van der Waals surface area contributed by atoms with Crippen LogP contribution in [0.25, 0.3) is 0 Å². The molecule has 7 heteroatoms. The maximum Gasteiger partial charge on any atom is 0.243 e. The van der Waals surface area contributed by atoms with E-state index in [2.05, 4.69) is 5.32 Å². The SMILES string of the molecule is Cc1cc(S(=O)(=O)N2CCC[C@H]2C(=O)NC2CCCCC2)ccc1F. The van der Waals surface area contributed by atoms with Gasteiger partial charge in [-0.15, -0.1) is 0 Å². The van der Waals surface area contributed by atoms with Gasteiger partial charge in [0, 0.05) is 12.6 Å². The average molecular weight is 368 g/mol. The Balaban J connectivity index is 1.77. The normalized spacial score (nSPS) is 22.9. The Morgan fingerprint density at radius 1 is 1.16 bits per heavy atom. The fourth-order valence-electron chi connectivity index (χ4n) is 3.75. The molecule has 2 aliphatic rings. The van der Waals surface area contributed by atoms with Crippen LogP contribution in [-0.4, -0.2) is 37.3 Å². The van der Waals surface area contributed by atoms with Gasteiger partial charge >= 0.3 is 0 Å². The van der Waals surface area contributed by atoms with E-state index < -0.39 is 21.9 Å². The molecular weight excluding hydrogens is 343 g/mol. The van der Waals surface area contributed by atoms with E-state index in [1.165, 1.54) is 29.8 Å². The van der Waals surface area contributed by atoms with Gasteiger partial charge in [0.05, 0.1) is 4.90 Å². The molecule has 1 atom stereocenters. The standard InChI is InChI=1S/C18H25FN2O3S/c1-13-12-15(9-10-16(13)19)25(23,24)21-11-5-8-17(21)18(22)20-14-6-3-2-4-7-14/h9-10,12,14,17H,2-8,11H2,1H3,(H,20,22)/t17-/m0/s1. The molecule has 0 unspecified atom stereocenters. The number of benzene rings is 1. The van der Waals surface area contributed by atoms with Crippen LogP contribution in [0.4, 0.5) is 4.39 Å². The van der Waals surface area contributed by atoms with Crippen molar-refractivity contribution in [3.05, 3.63) is 29.6 Å². The summed E-state index contributed by atoms with van der Waals surface area (Å²) in [5, 5.41) is 3.03. The van der Waals surface area contributed by atoms with E-state index >= 15 is 0 Å². The maximum atomic E-state index is 13.5. The van der Waals surface area contributed by atoms with E-state index in [0.717, 1.165) is 31.7 Å². The van der Waals surface area contributed by atoms with Gasteiger partial charge in [-0.2, -0.15) is 4.31 Å². The predicted molar refractivity (Wildman–Crippen MR) is 93.1 cm³/mol. The second kappa shape index (κ2) is 7.41. The lowest BCUT2D eigenvalue weighted by Gasteiger charge is -2.28. The molecule has 1 N–H and O–H groups in total. The second-order valence-electron chi connectivity index (χ2n) is 7.03. The lowest BCUT2D eigenvalue weighted by molar-refractivity contribution is -0.125. The van der Waals surface area contributed by atoms with E-state index in [1.54, 1.807) is 0 Å². The first-order chi connectivity index (χ1) is 11.9. The number of carbonyl (C=O) groups is 1. The number of hydrogen-bond donors (Lipinski definition) is 1. The lowest BCUT2D eigenvalue weighted by atomic mass is 9.95. The van der Waals surface area contributed by atoms with Gasteiger partial charge in [-0.3, -0.25) is 4.79 Å². The van der Waals surface area contributed by atoms with Crippen LogP contribution in [0.1, 0.15) is 50.5 Å². The van der Waals surface area contributed by atoms with Gasteiger partial charge in [0.2, 0.25) is 15.9 Å². The molecule has 0 spiro atoms. The van der Waals surface area contributed by atoms with Crippen molar-refractivity contribution in [3.8, 4) is 0 Å². The van der Waals surface area contributed by atoms with Gasteiger partial charge in [0.15, 0.2) is 0 Å². The average Bonchev–Trinajstić information content (AvgIpc) is 3.09. The van der Waals surface area contributed by atoms with Gasteiger partial charge in [-0.25, -0.2) is 12.8 Å². The van der Waals surface area contributed by atoms with Gasteiger partial charge in [0.25, 0.3) is 0 Å². The van der Waals surface area contributed by atoms with Crippen molar-refractivity contribution in [3.63, 3.8) is 0 Å². The molecule has 3 rings (SSSR count). The van der Waals surface area contributed by atoms with E-state index in [0.29, 0.717) is 19.4 Å². The lowest BCUT2D eigenvalue weighted by Crippen LogP contribution is -2.49. The molecule has 0 radical (unpaired) electrons. The Morgan fingerprint density at radius 3 is 2.56 bits per heavy atom. The quantitative estimate of drug-likeness (QED) is 0.889. The number of rotatable bonds is 4. The maximum absolute atomic E-state index is 13.5. The number of sulfonamides is 1. The highest BCUT2D eigenvalue weighted by atomic mass is 32.2. The molecule has 1 saturated heterocycles. The summed E-state index contributed by atoms with van der Waals surface area (Å²) < 4.78 is 40.6. The van der Waals surface area contributed by atoms with E-state index in [9.17, 15) is 17.6 Å². The Labute approximate surface area is 148 Å². The minimum absolute atomic E-state index is 0.0452. The largest absolute Gasteiger partial charge is 0.352 e. The molecule has 1 amide bonds. The third-order valence-electron chi connectivity index (χ3n) is 5.19. The van der Waals surface area contributed by atoms with Gasteiger partial charge in [-0.1, -0.05) is 19.3 Å². The van der Waals surface area contributed by atoms with Crippen LogP contribution in [0.15, 0.2) is 23.1 Å². The molecule has 0 aromatic heterocycles. The summed E-state index contributed by atoms with van der Waals surface area (Å²) in [6.45, 7) is 1.85. The second-order valence-corrected chi connectivity index (χ2v) is 8.92. The minimum Gasteiger partial charge on any atom is -0.352 e. The zero-order valence-electron chi connectivity index (χ0n) is 14.5. The minimum atomic E-state index is -3.81. The van der Waals surface area contributed by atoms with Crippen LogP contribution in [0.5, 0.6) is 0 Å². The topological polar surface area (TPSA) is 66.5 Å². The number of nitrogens with zero attached hydrogens (tertiary/aromatic N) is 1. The highest BCUT2D eigenvalue weighted by molar-refractivity contribution is 7.89. The van der Waals surface area contributed by atoms with E-state index in [1.807, 2.05) is 0 Å². The van der Waals surface area contributed by atoms with Crippen LogP contribution in [-0.2, 0) is 14.8 Å². The molecule has 1 aliphatic carbocycles. The van der Waals surface area contributed by atoms with Crippen LogP contribution in [0, 0.1) is 12.7 Å². The van der Waals surface area contributed by atoms with Crippen LogP contribution >= 0.6 is 0 Å². The van der Waals surface area contributed by atoms with Crippen molar-refractivity contribution in [1.82, 2.24) is 9.62 Å². The summed E-state index contributed by atoms with van der Waals surface area (Å²) in [7, 11) is -3.81. The molecule has 2 fully saturated rings. The molecule has 25 heavy (non-hydrogen) atoms. The van der Waals surface area contributed by atoms with Gasteiger partial charge in [-0.05, 0) is 56.4 Å². The fraction of sp³-hybridized carbons (Fsp3) is 0.611. The summed E-state index contributed by atoms with van der Waals surface area (Å²) in [6, 6.07) is 3.25. The molecule has 1 heterocycles. The zero-order valence-corrected chi connectivity index (χ0v) is 15.3. The molecular formula is C18H25FN2O3S. The Kier molecular flexibility index (Phi) is 5.43. The molecule has 0 bridgehead atoms. The first-order valence-electron chi connectivity index (χ1n) is 8.98. The molecule has 1 saturated carbocycles. The van der Waals surface area contributed by atoms with Crippen molar-refractivity contribution in [1.29, 1.82) is 0 Å². The molecule has 1 aromatic carbocycles. The number of nitrogens with one attached hydrogen (secondary N) is 1. The van der Waals surface area contributed by atoms with Gasteiger partial charge in [0.1, 0.15) is 11.9 Å². The molecule has 1 aliphatic heterocycles. The summed E-state index contributed by atoms with van der Waals surface area (Å²) in [4.78, 5) is 12.7. The highest BCUT2D eigenvalue weighted by Gasteiger charge is 2.40. The summed E-state index contributed by atoms with van der Waals surface area (Å²) in [5.74, 6) is -0.640. The molecule has 5 nitrogen and oxygen atoms in total. The summed E-state index contributed by atoms with van der Waals surface area (Å²) in [5.41, 5.74) is 0.281. The number of amides is 1. The Hall–Kier alpha value is -1.47. The van der Waals surface area contributed by atoms with Crippen molar-refractivity contribution in [2.45, 2.75) is 68.8 Å². The monoisotopic (exact) mass is 368 g/mol. The third-order valence-corrected chi connectivity index (χ3v) is 7.10. The predicted octanol–water partition coefficient (Wildman–Crippen LogP) is 2.74. The van der Waals surface area contributed by atoms with Crippen molar-refractivity contribution < 1.29 is 17.6 Å². The van der Waals surface area contributed by atoms with Crippen molar-refractivity contribution >= 4 is 15.9 Å². The summed E-state index contributed by atoms with van der Waals surface area (Å²) >= 11 is 0. The Bertz CT molecular complexity index is 745.